The molecule has 0 bridgehead atoms. The molecule has 0 amide bonds. The fraction of sp³-hybridized carbons (Fsp3) is 0.153. The summed E-state index contributed by atoms with van der Waals surface area (Å²) in [4.78, 5) is 2.51. The van der Waals surface area contributed by atoms with E-state index in [0.717, 1.165) is 5.69 Å². The number of anilines is 3. The quantitative estimate of drug-likeness (QED) is 0.120. The smallest absolute Gasteiger partial charge is 0.243 e. The number of nitrogens with zero attached hydrogens (tertiary/aromatic N) is 1. The van der Waals surface area contributed by atoms with Crippen molar-refractivity contribution in [3.8, 4) is 11.1 Å². The molecule has 294 valence electrons. The molecule has 0 heterocycles. The van der Waals surface area contributed by atoms with Gasteiger partial charge in [-0.15, -0.1) is 0 Å². The summed E-state index contributed by atoms with van der Waals surface area (Å²) in [6.45, 7) is 18.5. The van der Waals surface area contributed by atoms with E-state index in [2.05, 4.69) is 218 Å². The summed E-state index contributed by atoms with van der Waals surface area (Å²) < 4.78 is 0. The average molecular weight is 784 g/mol. The number of hydrogen-bond acceptors (Lipinski definition) is 1. The predicted octanol–water partition coefficient (Wildman–Crippen LogP) is 13.9. The van der Waals surface area contributed by atoms with E-state index in [4.69, 9.17) is 0 Å². The van der Waals surface area contributed by atoms with Gasteiger partial charge in [0.1, 0.15) is 0 Å². The minimum atomic E-state index is -0.116. The van der Waals surface area contributed by atoms with Gasteiger partial charge in [-0.3, -0.25) is 0 Å². The van der Waals surface area contributed by atoms with Gasteiger partial charge in [0.25, 0.3) is 0 Å². The van der Waals surface area contributed by atoms with Gasteiger partial charge in [-0.05, 0) is 132 Å². The first kappa shape index (κ1) is 37.4. The van der Waals surface area contributed by atoms with E-state index in [1.54, 1.807) is 0 Å². The molecule has 0 aliphatic heterocycles. The van der Waals surface area contributed by atoms with Gasteiger partial charge in [-0.25, -0.2) is 0 Å². The van der Waals surface area contributed by atoms with E-state index in [1.165, 1.54) is 126 Å². The second-order valence-corrected chi connectivity index (χ2v) is 18.5. The molecule has 0 spiro atoms. The first-order chi connectivity index (χ1) is 29.5. The Hall–Kier alpha value is -6.64. The summed E-state index contributed by atoms with van der Waals surface area (Å²) >= 11 is 0. The third kappa shape index (κ3) is 5.69. The lowest BCUT2D eigenvalue weighted by Gasteiger charge is -2.30. The summed E-state index contributed by atoms with van der Waals surface area (Å²) in [5.41, 5.74) is 21.0. The van der Waals surface area contributed by atoms with Crippen molar-refractivity contribution >= 4 is 83.3 Å². The molecule has 0 radical (unpaired) electrons. The van der Waals surface area contributed by atoms with E-state index in [1.807, 2.05) is 0 Å². The van der Waals surface area contributed by atoms with Crippen LogP contribution in [-0.2, 0) is 5.41 Å². The van der Waals surface area contributed by atoms with Crippen LogP contribution >= 0.6 is 0 Å². The zero-order valence-electron chi connectivity index (χ0n) is 36.5. The highest BCUT2D eigenvalue weighted by Crippen LogP contribution is 2.51. The van der Waals surface area contributed by atoms with E-state index in [9.17, 15) is 0 Å². The van der Waals surface area contributed by atoms with Crippen LogP contribution in [0.15, 0.2) is 158 Å². The molecule has 0 atom stereocenters. The zero-order chi connectivity index (χ0) is 41.9. The summed E-state index contributed by atoms with van der Waals surface area (Å²) in [5.74, 6) is 0. The van der Waals surface area contributed by atoms with Crippen molar-refractivity contribution in [1.29, 1.82) is 0 Å². The fourth-order valence-corrected chi connectivity index (χ4v) is 11.6. The molecule has 0 fully saturated rings. The second kappa shape index (κ2) is 13.7. The minimum absolute atomic E-state index is 0.0817. The van der Waals surface area contributed by atoms with E-state index in [-0.39, 0.29) is 12.1 Å². The van der Waals surface area contributed by atoms with Crippen LogP contribution in [0.2, 0.25) is 0 Å². The highest BCUT2D eigenvalue weighted by atomic mass is 15.1. The van der Waals surface area contributed by atoms with Crippen LogP contribution in [0.1, 0.15) is 58.4 Å². The molecule has 0 saturated carbocycles. The van der Waals surface area contributed by atoms with Crippen molar-refractivity contribution in [2.45, 2.75) is 60.8 Å². The Kier molecular flexibility index (Phi) is 8.39. The van der Waals surface area contributed by atoms with Gasteiger partial charge < -0.3 is 4.90 Å². The largest absolute Gasteiger partial charge is 0.310 e. The Bertz CT molecular complexity index is 3320. The molecular formula is C59H50BN. The summed E-state index contributed by atoms with van der Waals surface area (Å²) in [5, 5.41) is 10.3. The van der Waals surface area contributed by atoms with Crippen LogP contribution in [-0.4, -0.2) is 6.71 Å². The van der Waals surface area contributed by atoms with Gasteiger partial charge in [0.2, 0.25) is 6.71 Å². The SMILES string of the molecule is Cc1cc(C)c(B(c2c(C)cc(C)cc2C)c2ccc3ccc4c(N(c5ccc6c(c5)C(C)(C)c5ccccc5-6)c5ccc6ccccc6c5)ccc5ccc2c3c54)c(C)c1. The minimum Gasteiger partial charge on any atom is -0.310 e. The van der Waals surface area contributed by atoms with Crippen LogP contribution in [0, 0.1) is 41.5 Å². The van der Waals surface area contributed by atoms with Gasteiger partial charge >= 0.3 is 0 Å². The predicted molar refractivity (Wildman–Crippen MR) is 266 cm³/mol. The molecule has 1 nitrogen and oxygen atoms in total. The van der Waals surface area contributed by atoms with Crippen molar-refractivity contribution in [2.24, 2.45) is 0 Å². The molecule has 10 aromatic carbocycles. The van der Waals surface area contributed by atoms with Crippen molar-refractivity contribution in [2.75, 3.05) is 4.90 Å². The molecule has 11 rings (SSSR count). The number of fused-ring (bicyclic) bond motifs is 4. The number of benzene rings is 10. The molecule has 1 aliphatic rings. The van der Waals surface area contributed by atoms with Crippen LogP contribution in [0.3, 0.4) is 0 Å². The highest BCUT2D eigenvalue weighted by Gasteiger charge is 2.36. The Morgan fingerprint density at radius 3 is 1.61 bits per heavy atom. The summed E-state index contributed by atoms with van der Waals surface area (Å²) in [6.07, 6.45) is 0. The molecule has 2 heteroatoms. The normalized spacial score (nSPS) is 13.0. The molecule has 0 N–H and O–H groups in total. The monoisotopic (exact) mass is 783 g/mol. The van der Waals surface area contributed by atoms with E-state index >= 15 is 0 Å². The summed E-state index contributed by atoms with van der Waals surface area (Å²) in [6, 6.07) is 60.3. The Morgan fingerprint density at radius 1 is 0.410 bits per heavy atom. The molecule has 0 unspecified atom stereocenters. The molecule has 0 aromatic heterocycles. The first-order valence-corrected chi connectivity index (χ1v) is 21.9. The molecular weight excluding hydrogens is 733 g/mol. The lowest BCUT2D eigenvalue weighted by atomic mass is 9.33. The van der Waals surface area contributed by atoms with Gasteiger partial charge in [-0.1, -0.05) is 191 Å². The van der Waals surface area contributed by atoms with Crippen molar-refractivity contribution < 1.29 is 0 Å². The van der Waals surface area contributed by atoms with Crippen LogP contribution in [0.25, 0.3) is 54.2 Å². The maximum atomic E-state index is 2.51. The van der Waals surface area contributed by atoms with Crippen molar-refractivity contribution in [1.82, 2.24) is 0 Å². The first-order valence-electron chi connectivity index (χ1n) is 21.9. The highest BCUT2D eigenvalue weighted by molar-refractivity contribution is 6.98. The lowest BCUT2D eigenvalue weighted by molar-refractivity contribution is 0.660. The van der Waals surface area contributed by atoms with Crippen molar-refractivity contribution in [3.05, 3.63) is 202 Å². The molecule has 61 heavy (non-hydrogen) atoms. The molecule has 10 aromatic rings. The molecule has 0 saturated heterocycles. The molecule has 1 aliphatic carbocycles. The fourth-order valence-electron chi connectivity index (χ4n) is 11.6. The lowest BCUT2D eigenvalue weighted by Crippen LogP contribution is -2.56. The second-order valence-electron chi connectivity index (χ2n) is 18.5. The topological polar surface area (TPSA) is 3.24 Å². The van der Waals surface area contributed by atoms with Gasteiger partial charge in [0.05, 0.1) is 5.69 Å². The standard InChI is InChI=1S/C59H50BN/c1-35-29-37(3)57(38(4)30-35)60(58-39(5)31-36(2)32-40(58)6)53-27-20-42-19-25-50-54(28-21-43-18-24-49(53)55(42)56(43)50)61(45-22-17-41-13-9-10-14-44(41)33-45)46-23-26-48-47-15-11-12-16-51(47)59(7,8)52(48)34-46/h9-34H,1-8H3. The van der Waals surface area contributed by atoms with E-state index < -0.39 is 0 Å². The van der Waals surface area contributed by atoms with Crippen LogP contribution < -0.4 is 21.3 Å². The Morgan fingerprint density at radius 2 is 0.918 bits per heavy atom. The Labute approximate surface area is 360 Å². The maximum Gasteiger partial charge on any atom is 0.243 e. The summed E-state index contributed by atoms with van der Waals surface area (Å²) in [7, 11) is 0. The van der Waals surface area contributed by atoms with Crippen LogP contribution in [0.4, 0.5) is 17.1 Å². The van der Waals surface area contributed by atoms with Crippen molar-refractivity contribution in [3.63, 3.8) is 0 Å². The number of hydrogen-bond donors (Lipinski definition) is 0. The van der Waals surface area contributed by atoms with E-state index in [0.29, 0.717) is 0 Å². The third-order valence-corrected chi connectivity index (χ3v) is 14.1. The van der Waals surface area contributed by atoms with Gasteiger partial charge in [-0.2, -0.15) is 0 Å². The average Bonchev–Trinajstić information content (AvgIpc) is 3.47. The van der Waals surface area contributed by atoms with Gasteiger partial charge in [0, 0.05) is 22.2 Å². The number of aryl methyl sites for hydroxylation is 6. The van der Waals surface area contributed by atoms with Crippen LogP contribution in [0.5, 0.6) is 0 Å². The Balaban J connectivity index is 1.18. The van der Waals surface area contributed by atoms with Gasteiger partial charge in [0.15, 0.2) is 0 Å². The zero-order valence-corrected chi connectivity index (χ0v) is 36.5. The number of rotatable bonds is 6. The third-order valence-electron chi connectivity index (χ3n) is 14.1. The maximum absolute atomic E-state index is 2.51.